The monoisotopic (exact) mass is 786 g/mol. The molecule has 0 fully saturated rings. The zero-order chi connectivity index (χ0) is 41.2. The summed E-state index contributed by atoms with van der Waals surface area (Å²) >= 11 is 0. The number of amides is 4. The molecule has 2 aliphatic rings. The van der Waals surface area contributed by atoms with Crippen molar-refractivity contribution < 1.29 is 24.3 Å². The summed E-state index contributed by atoms with van der Waals surface area (Å²) in [5.41, 5.74) is 6.24. The summed E-state index contributed by atoms with van der Waals surface area (Å²) in [4.78, 5) is 55.8. The van der Waals surface area contributed by atoms with Crippen molar-refractivity contribution in [1.82, 2.24) is 31.9 Å². The molecule has 2 unspecified atom stereocenters. The second kappa shape index (κ2) is 19.9. The molecule has 0 aliphatic carbocycles. The molecule has 6 rings (SSSR count). The van der Waals surface area contributed by atoms with E-state index in [1.807, 2.05) is 137 Å². The number of hydrogen-bond donors (Lipinski definition) is 7. The summed E-state index contributed by atoms with van der Waals surface area (Å²) in [6.45, 7) is 8.60. The highest BCUT2D eigenvalue weighted by Gasteiger charge is 2.37. The molecule has 0 bridgehead atoms. The van der Waals surface area contributed by atoms with Crippen LogP contribution < -0.4 is 31.9 Å². The Hall–Kier alpha value is -5.36. The standard InChI is InChI=1S/C47H58N6O5/c1-29(2)41(52-44(55)39-25-33-19-11-13-21-35(33)27-48-39)46(57)50-37(23-31-15-7-5-8-16-31)43(54)38(24-32-17-9-6-10-18-32)51-47(58)42(30(3)4)53-45(56)40-26-34-20-12-14-22-36(34)28-49-40/h5-22,29-30,37-43,48-49,54H,23-28H2,1-4H3,(H,50,57)(H,51,58)(H,52,55)(H,53,56)/t37-,38-,39?,40?,41-,42-,43?/m0/s1. The Morgan fingerprint density at radius 3 is 1.24 bits per heavy atom. The van der Waals surface area contributed by atoms with E-state index in [4.69, 9.17) is 0 Å². The second-order valence-corrected chi connectivity index (χ2v) is 16.4. The minimum absolute atomic E-state index is 0.258. The van der Waals surface area contributed by atoms with Crippen LogP contribution in [0.3, 0.4) is 0 Å². The van der Waals surface area contributed by atoms with Crippen LogP contribution in [0.2, 0.25) is 0 Å². The number of carbonyl (C=O) groups is 4. The molecule has 58 heavy (non-hydrogen) atoms. The molecule has 4 aromatic rings. The second-order valence-electron chi connectivity index (χ2n) is 16.4. The van der Waals surface area contributed by atoms with Crippen LogP contribution in [0.4, 0.5) is 0 Å². The van der Waals surface area contributed by atoms with E-state index in [1.54, 1.807) is 0 Å². The smallest absolute Gasteiger partial charge is 0.243 e. The van der Waals surface area contributed by atoms with Crippen molar-refractivity contribution in [3.05, 3.63) is 143 Å². The van der Waals surface area contributed by atoms with Crippen molar-refractivity contribution in [3.8, 4) is 0 Å². The summed E-state index contributed by atoms with van der Waals surface area (Å²) in [5.74, 6) is -1.94. The molecular formula is C47H58N6O5. The number of carbonyl (C=O) groups excluding carboxylic acids is 4. The molecule has 0 radical (unpaired) electrons. The lowest BCUT2D eigenvalue weighted by atomic mass is 9.90. The lowest BCUT2D eigenvalue weighted by Gasteiger charge is -2.35. The van der Waals surface area contributed by atoms with Gasteiger partial charge in [0.15, 0.2) is 0 Å². The summed E-state index contributed by atoms with van der Waals surface area (Å²) in [7, 11) is 0. The van der Waals surface area contributed by atoms with Crippen LogP contribution in [-0.2, 0) is 58.0 Å². The fraction of sp³-hybridized carbons (Fsp3) is 0.404. The fourth-order valence-electron chi connectivity index (χ4n) is 7.93. The molecule has 0 saturated heterocycles. The van der Waals surface area contributed by atoms with Crippen LogP contribution >= 0.6 is 0 Å². The predicted molar refractivity (Wildman–Crippen MR) is 225 cm³/mol. The lowest BCUT2D eigenvalue weighted by molar-refractivity contribution is -0.133. The van der Waals surface area contributed by atoms with Gasteiger partial charge in [-0.1, -0.05) is 137 Å². The number of rotatable bonds is 16. The first-order valence-corrected chi connectivity index (χ1v) is 20.5. The van der Waals surface area contributed by atoms with Crippen LogP contribution in [0.1, 0.15) is 61.1 Å². The van der Waals surface area contributed by atoms with E-state index in [-0.39, 0.29) is 36.5 Å². The van der Waals surface area contributed by atoms with Gasteiger partial charge >= 0.3 is 0 Å². The maximum Gasteiger partial charge on any atom is 0.243 e. The van der Waals surface area contributed by atoms with Crippen molar-refractivity contribution in [2.45, 2.75) is 109 Å². The minimum Gasteiger partial charge on any atom is -0.389 e. The van der Waals surface area contributed by atoms with E-state index < -0.39 is 54.2 Å². The average Bonchev–Trinajstić information content (AvgIpc) is 3.23. The lowest BCUT2D eigenvalue weighted by Crippen LogP contribution is -2.62. The summed E-state index contributed by atoms with van der Waals surface area (Å²) in [6, 6.07) is 30.6. The molecule has 2 heterocycles. The molecule has 11 nitrogen and oxygen atoms in total. The Morgan fingerprint density at radius 1 is 0.534 bits per heavy atom. The molecule has 4 amide bonds. The third kappa shape index (κ3) is 11.0. The van der Waals surface area contributed by atoms with Crippen molar-refractivity contribution in [1.29, 1.82) is 0 Å². The topological polar surface area (TPSA) is 161 Å². The average molecular weight is 787 g/mol. The molecular weight excluding hydrogens is 729 g/mol. The number of aliphatic hydroxyl groups is 1. The number of fused-ring (bicyclic) bond motifs is 2. The van der Waals surface area contributed by atoms with Gasteiger partial charge in [0.05, 0.1) is 30.3 Å². The molecule has 0 spiro atoms. The Balaban J connectivity index is 1.21. The van der Waals surface area contributed by atoms with Gasteiger partial charge in [-0.15, -0.1) is 0 Å². The van der Waals surface area contributed by atoms with Gasteiger partial charge in [0.25, 0.3) is 0 Å². The first-order valence-electron chi connectivity index (χ1n) is 20.5. The van der Waals surface area contributed by atoms with E-state index in [1.165, 1.54) is 0 Å². The zero-order valence-electron chi connectivity index (χ0n) is 33.9. The van der Waals surface area contributed by atoms with E-state index in [0.29, 0.717) is 25.9 Å². The zero-order valence-corrected chi connectivity index (χ0v) is 33.9. The SMILES string of the molecule is CC(C)[C@H](NC(=O)C1Cc2ccccc2CN1)C(=O)N[C@@H](Cc1ccccc1)C(O)[C@H](Cc1ccccc1)NC(=O)[C@@H](NC(=O)C1Cc2ccccc2CN1)C(C)C. The van der Waals surface area contributed by atoms with Gasteiger partial charge in [-0.05, 0) is 70.9 Å². The van der Waals surface area contributed by atoms with Crippen molar-refractivity contribution in [3.63, 3.8) is 0 Å². The maximum atomic E-state index is 14.3. The van der Waals surface area contributed by atoms with Gasteiger partial charge in [0.1, 0.15) is 12.1 Å². The van der Waals surface area contributed by atoms with Gasteiger partial charge in [0.2, 0.25) is 23.6 Å². The van der Waals surface area contributed by atoms with Gasteiger partial charge in [-0.2, -0.15) is 0 Å². The van der Waals surface area contributed by atoms with E-state index in [9.17, 15) is 24.3 Å². The van der Waals surface area contributed by atoms with Gasteiger partial charge in [-0.25, -0.2) is 0 Å². The molecule has 11 heteroatoms. The number of nitrogens with one attached hydrogen (secondary N) is 6. The van der Waals surface area contributed by atoms with E-state index >= 15 is 0 Å². The Morgan fingerprint density at radius 2 is 0.879 bits per heavy atom. The first-order chi connectivity index (χ1) is 28.0. The van der Waals surface area contributed by atoms with Crippen LogP contribution in [0.15, 0.2) is 109 Å². The third-order valence-electron chi connectivity index (χ3n) is 11.4. The Bertz CT molecular complexity index is 1860. The third-order valence-corrected chi connectivity index (χ3v) is 11.4. The normalized spacial score (nSPS) is 18.7. The van der Waals surface area contributed by atoms with Crippen molar-refractivity contribution >= 4 is 23.6 Å². The Kier molecular flexibility index (Phi) is 14.5. The van der Waals surface area contributed by atoms with Crippen LogP contribution in [0.5, 0.6) is 0 Å². The van der Waals surface area contributed by atoms with Gasteiger partial charge in [-0.3, -0.25) is 19.2 Å². The highest BCUT2D eigenvalue weighted by Crippen LogP contribution is 2.20. The quantitative estimate of drug-likeness (QED) is 0.0916. The first kappa shape index (κ1) is 42.3. The largest absolute Gasteiger partial charge is 0.389 e. The maximum absolute atomic E-state index is 14.3. The van der Waals surface area contributed by atoms with E-state index in [0.717, 1.165) is 33.4 Å². The fourth-order valence-corrected chi connectivity index (χ4v) is 7.93. The van der Waals surface area contributed by atoms with Crippen LogP contribution in [-0.4, -0.2) is 71.1 Å². The summed E-state index contributed by atoms with van der Waals surface area (Å²) in [5, 5.41) is 31.1. The van der Waals surface area contributed by atoms with Crippen molar-refractivity contribution in [2.75, 3.05) is 0 Å². The van der Waals surface area contributed by atoms with Gasteiger partial charge in [0, 0.05) is 13.1 Å². The van der Waals surface area contributed by atoms with Crippen LogP contribution in [0.25, 0.3) is 0 Å². The number of benzene rings is 4. The van der Waals surface area contributed by atoms with E-state index in [2.05, 4.69) is 31.9 Å². The highest BCUT2D eigenvalue weighted by atomic mass is 16.3. The number of aliphatic hydroxyl groups excluding tert-OH is 1. The Labute approximate surface area is 342 Å². The summed E-state index contributed by atoms with van der Waals surface area (Å²) in [6.07, 6.45) is 0.261. The number of hydrogen-bond acceptors (Lipinski definition) is 7. The summed E-state index contributed by atoms with van der Waals surface area (Å²) < 4.78 is 0. The molecule has 0 aromatic heterocycles. The minimum atomic E-state index is -1.27. The molecule has 6 atom stereocenters. The van der Waals surface area contributed by atoms with Crippen molar-refractivity contribution in [2.24, 2.45) is 11.8 Å². The molecule has 4 aromatic carbocycles. The molecule has 0 saturated carbocycles. The highest BCUT2D eigenvalue weighted by molar-refractivity contribution is 5.91. The predicted octanol–water partition coefficient (Wildman–Crippen LogP) is 3.51. The molecule has 7 N–H and O–H groups in total. The van der Waals surface area contributed by atoms with Crippen LogP contribution in [0, 0.1) is 11.8 Å². The molecule has 306 valence electrons. The van der Waals surface area contributed by atoms with Gasteiger partial charge < -0.3 is 37.0 Å². The molecule has 2 aliphatic heterocycles.